The van der Waals surface area contributed by atoms with E-state index >= 15 is 0 Å². The highest BCUT2D eigenvalue weighted by Crippen LogP contribution is 2.07. The molecule has 0 rings (SSSR count). The van der Waals surface area contributed by atoms with E-state index in [-0.39, 0.29) is 13.0 Å². The van der Waals surface area contributed by atoms with Crippen molar-refractivity contribution in [3.63, 3.8) is 0 Å². The summed E-state index contributed by atoms with van der Waals surface area (Å²) in [7, 11) is 1.23. The van der Waals surface area contributed by atoms with E-state index in [0.29, 0.717) is 0 Å². The number of carbonyl (C=O) groups is 2. The molecule has 100 valence electrons. The predicted molar refractivity (Wildman–Crippen MR) is 59.9 cm³/mol. The first kappa shape index (κ1) is 15.7. The summed E-state index contributed by atoms with van der Waals surface area (Å²) in [6.45, 7) is 5.30. The highest BCUT2D eigenvalue weighted by atomic mass is 16.6. The van der Waals surface area contributed by atoms with Gasteiger partial charge in [0.2, 0.25) is 0 Å². The van der Waals surface area contributed by atoms with Crippen LogP contribution in [0.4, 0.5) is 4.79 Å². The van der Waals surface area contributed by atoms with Crippen LogP contribution in [0.1, 0.15) is 27.2 Å². The Balaban J connectivity index is 4.32. The van der Waals surface area contributed by atoms with Crippen LogP contribution >= 0.6 is 0 Å². The maximum absolute atomic E-state index is 11.4. The van der Waals surface area contributed by atoms with E-state index in [4.69, 9.17) is 10.6 Å². The largest absolute Gasteiger partial charge is 0.467 e. The van der Waals surface area contributed by atoms with Crippen LogP contribution in [0, 0.1) is 0 Å². The molecule has 3 N–H and O–H groups in total. The molecule has 0 aromatic heterocycles. The highest BCUT2D eigenvalue weighted by molar-refractivity contribution is 5.81. The molecule has 0 aromatic carbocycles. The fourth-order valence-corrected chi connectivity index (χ4v) is 1.03. The molecule has 0 aromatic rings. The van der Waals surface area contributed by atoms with E-state index in [2.05, 4.69) is 14.9 Å². The van der Waals surface area contributed by atoms with Gasteiger partial charge in [-0.3, -0.25) is 0 Å². The minimum absolute atomic E-state index is 0.121. The number of nitrogens with one attached hydrogen (secondary N) is 1. The standard InChI is InChI=1S/C10H20N2O5/c1-10(2,3)17-9(14)12-7(5-6-16-11)8(13)15-4/h7H,5-6,11H2,1-4H3,(H,12,14)/t7-/m0/s1. The van der Waals surface area contributed by atoms with Crippen molar-refractivity contribution >= 4 is 12.1 Å². The SMILES string of the molecule is COC(=O)[C@H](CCON)NC(=O)OC(C)(C)C. The fourth-order valence-electron chi connectivity index (χ4n) is 1.03. The van der Waals surface area contributed by atoms with Crippen LogP contribution in [0.3, 0.4) is 0 Å². The summed E-state index contributed by atoms with van der Waals surface area (Å²) in [5, 5.41) is 2.39. The van der Waals surface area contributed by atoms with Gasteiger partial charge in [0.1, 0.15) is 11.6 Å². The van der Waals surface area contributed by atoms with Crippen LogP contribution < -0.4 is 11.2 Å². The second-order valence-corrected chi connectivity index (χ2v) is 4.38. The first-order valence-electron chi connectivity index (χ1n) is 5.19. The first-order chi connectivity index (χ1) is 7.80. The molecule has 0 aliphatic carbocycles. The predicted octanol–water partition coefficient (Wildman–Crippen LogP) is 0.333. The average Bonchev–Trinajstić information content (AvgIpc) is 2.20. The molecule has 0 aliphatic rings. The summed E-state index contributed by atoms with van der Waals surface area (Å²) in [5.74, 6) is 4.28. The Bertz CT molecular complexity index is 262. The van der Waals surface area contributed by atoms with Gasteiger partial charge in [0.25, 0.3) is 0 Å². The quantitative estimate of drug-likeness (QED) is 0.537. The van der Waals surface area contributed by atoms with Crippen molar-refractivity contribution in [2.75, 3.05) is 13.7 Å². The molecular weight excluding hydrogens is 228 g/mol. The zero-order valence-corrected chi connectivity index (χ0v) is 10.6. The number of alkyl carbamates (subject to hydrolysis) is 1. The number of ether oxygens (including phenoxy) is 2. The zero-order chi connectivity index (χ0) is 13.5. The van der Waals surface area contributed by atoms with Crippen molar-refractivity contribution in [3.05, 3.63) is 0 Å². The Morgan fingerprint density at radius 1 is 1.35 bits per heavy atom. The highest BCUT2D eigenvalue weighted by Gasteiger charge is 2.24. The van der Waals surface area contributed by atoms with Crippen molar-refractivity contribution in [2.45, 2.75) is 38.8 Å². The van der Waals surface area contributed by atoms with Gasteiger partial charge in [0, 0.05) is 6.42 Å². The van der Waals surface area contributed by atoms with E-state index in [1.54, 1.807) is 20.8 Å². The van der Waals surface area contributed by atoms with E-state index in [9.17, 15) is 9.59 Å². The third-order valence-electron chi connectivity index (χ3n) is 1.70. The Hall–Kier alpha value is -1.34. The van der Waals surface area contributed by atoms with Gasteiger partial charge in [-0.15, -0.1) is 0 Å². The molecule has 0 bridgehead atoms. The lowest BCUT2D eigenvalue weighted by Gasteiger charge is -2.22. The van der Waals surface area contributed by atoms with Crippen molar-refractivity contribution < 1.29 is 23.9 Å². The average molecular weight is 248 g/mol. The number of hydrogen-bond acceptors (Lipinski definition) is 6. The molecule has 0 saturated heterocycles. The molecule has 0 radical (unpaired) electrons. The molecule has 0 heterocycles. The third kappa shape index (κ3) is 7.53. The Morgan fingerprint density at radius 2 is 1.94 bits per heavy atom. The number of esters is 1. The Morgan fingerprint density at radius 3 is 2.35 bits per heavy atom. The van der Waals surface area contributed by atoms with Crippen LogP contribution in [0.15, 0.2) is 0 Å². The topological polar surface area (TPSA) is 99.9 Å². The smallest absolute Gasteiger partial charge is 0.408 e. The molecule has 7 heteroatoms. The summed E-state index contributed by atoms with van der Waals surface area (Å²) >= 11 is 0. The number of hydrogen-bond donors (Lipinski definition) is 2. The number of amides is 1. The molecule has 0 fully saturated rings. The summed E-state index contributed by atoms with van der Waals surface area (Å²) in [6.07, 6.45) is -0.479. The first-order valence-corrected chi connectivity index (χ1v) is 5.19. The molecular formula is C10H20N2O5. The van der Waals surface area contributed by atoms with Gasteiger partial charge < -0.3 is 19.6 Å². The lowest BCUT2D eigenvalue weighted by Crippen LogP contribution is -2.44. The molecule has 0 saturated carbocycles. The van der Waals surface area contributed by atoms with Crippen molar-refractivity contribution in [1.29, 1.82) is 0 Å². The maximum atomic E-state index is 11.4. The summed E-state index contributed by atoms with van der Waals surface area (Å²) in [4.78, 5) is 27.1. The zero-order valence-electron chi connectivity index (χ0n) is 10.6. The fraction of sp³-hybridized carbons (Fsp3) is 0.800. The number of nitrogens with two attached hydrogens (primary N) is 1. The van der Waals surface area contributed by atoms with Crippen molar-refractivity contribution in [1.82, 2.24) is 5.32 Å². The summed E-state index contributed by atoms with van der Waals surface area (Å²) < 4.78 is 9.55. The van der Waals surface area contributed by atoms with E-state index < -0.39 is 23.7 Å². The normalized spacial score (nSPS) is 12.8. The van der Waals surface area contributed by atoms with Crippen LogP contribution in [-0.2, 0) is 19.1 Å². The number of rotatable bonds is 5. The molecule has 0 spiro atoms. The van der Waals surface area contributed by atoms with Gasteiger partial charge in [-0.05, 0) is 20.8 Å². The molecule has 0 aliphatic heterocycles. The molecule has 17 heavy (non-hydrogen) atoms. The van der Waals surface area contributed by atoms with Gasteiger partial charge in [-0.2, -0.15) is 0 Å². The second kappa shape index (κ2) is 7.08. The molecule has 1 atom stereocenters. The lowest BCUT2D eigenvalue weighted by molar-refractivity contribution is -0.143. The van der Waals surface area contributed by atoms with Crippen LogP contribution in [0.5, 0.6) is 0 Å². The number of carbonyl (C=O) groups excluding carboxylic acids is 2. The third-order valence-corrected chi connectivity index (χ3v) is 1.70. The van der Waals surface area contributed by atoms with Gasteiger partial charge in [0.05, 0.1) is 13.7 Å². The molecule has 1 amide bonds. The monoisotopic (exact) mass is 248 g/mol. The van der Waals surface area contributed by atoms with Gasteiger partial charge in [0.15, 0.2) is 0 Å². The molecule has 7 nitrogen and oxygen atoms in total. The lowest BCUT2D eigenvalue weighted by atomic mass is 10.2. The van der Waals surface area contributed by atoms with Crippen molar-refractivity contribution in [3.8, 4) is 0 Å². The van der Waals surface area contributed by atoms with E-state index in [1.165, 1.54) is 7.11 Å². The second-order valence-electron chi connectivity index (χ2n) is 4.38. The minimum atomic E-state index is -0.835. The minimum Gasteiger partial charge on any atom is -0.467 e. The molecule has 0 unspecified atom stereocenters. The summed E-state index contributed by atoms with van der Waals surface area (Å²) in [6, 6.07) is -0.835. The van der Waals surface area contributed by atoms with Gasteiger partial charge >= 0.3 is 12.1 Å². The summed E-state index contributed by atoms with van der Waals surface area (Å²) in [5.41, 5.74) is -0.630. The van der Waals surface area contributed by atoms with Crippen LogP contribution in [0.25, 0.3) is 0 Å². The van der Waals surface area contributed by atoms with Crippen molar-refractivity contribution in [2.24, 2.45) is 5.90 Å². The van der Waals surface area contributed by atoms with E-state index in [0.717, 1.165) is 0 Å². The number of methoxy groups -OCH3 is 1. The van der Waals surface area contributed by atoms with E-state index in [1.807, 2.05) is 0 Å². The van der Waals surface area contributed by atoms with Crippen LogP contribution in [0.2, 0.25) is 0 Å². The van der Waals surface area contributed by atoms with Crippen LogP contribution in [-0.4, -0.2) is 37.4 Å². The Labute approximate surface area is 101 Å². The Kier molecular flexibility index (Phi) is 6.52. The maximum Gasteiger partial charge on any atom is 0.408 e. The van der Waals surface area contributed by atoms with Gasteiger partial charge in [-0.25, -0.2) is 15.5 Å². The van der Waals surface area contributed by atoms with Gasteiger partial charge in [-0.1, -0.05) is 0 Å².